The minimum atomic E-state index is -1.46. The second-order valence-electron chi connectivity index (χ2n) is 5.67. The average Bonchev–Trinajstić information content (AvgIpc) is 2.96. The average molecular weight is 372 g/mol. The number of oxazole rings is 1. The molecule has 1 unspecified atom stereocenters. The number of carbonyl (C=O) groups excluding carboxylic acids is 1. The molecule has 1 N–H and O–H groups in total. The first-order chi connectivity index (χ1) is 12.5. The van der Waals surface area contributed by atoms with Crippen LogP contribution >= 0.6 is 0 Å². The molecule has 3 rings (SSSR count). The van der Waals surface area contributed by atoms with Crippen LogP contribution in [0.2, 0.25) is 0 Å². The first-order valence-corrected chi connectivity index (χ1v) is 9.42. The fraction of sp³-hybridized carbons (Fsp3) is 0.158. The third-order valence-corrected chi connectivity index (χ3v) is 4.79. The van der Waals surface area contributed by atoms with E-state index in [1.807, 2.05) is 30.3 Å². The van der Waals surface area contributed by atoms with Gasteiger partial charge in [0, 0.05) is 22.1 Å². The van der Waals surface area contributed by atoms with E-state index in [4.69, 9.17) is 4.42 Å². The molecule has 0 aliphatic heterocycles. The maximum atomic E-state index is 13.1. The van der Waals surface area contributed by atoms with Crippen LogP contribution in [-0.4, -0.2) is 20.9 Å². The molecule has 3 aromatic rings. The van der Waals surface area contributed by atoms with Gasteiger partial charge in [-0.1, -0.05) is 24.3 Å². The molecule has 0 bridgehead atoms. The molecule has 134 valence electrons. The zero-order valence-electron chi connectivity index (χ0n) is 14.1. The van der Waals surface area contributed by atoms with Crippen LogP contribution in [-0.2, 0) is 21.3 Å². The molecule has 1 heterocycles. The van der Waals surface area contributed by atoms with Crippen molar-refractivity contribution in [2.75, 3.05) is 11.1 Å². The van der Waals surface area contributed by atoms with Gasteiger partial charge in [-0.15, -0.1) is 0 Å². The van der Waals surface area contributed by atoms with E-state index in [0.29, 0.717) is 23.0 Å². The molecule has 5 nitrogen and oxygen atoms in total. The Morgan fingerprint density at radius 1 is 1.19 bits per heavy atom. The molecule has 0 aliphatic carbocycles. The Balaban J connectivity index is 1.61. The SMILES string of the molecule is Cc1oc(-c2ccccc2)nc1CS(=O)CC(=O)Nc1cccc(F)c1. The van der Waals surface area contributed by atoms with E-state index < -0.39 is 22.5 Å². The summed E-state index contributed by atoms with van der Waals surface area (Å²) in [4.78, 5) is 16.3. The van der Waals surface area contributed by atoms with Gasteiger partial charge in [-0.3, -0.25) is 9.00 Å². The third-order valence-electron chi connectivity index (χ3n) is 3.61. The van der Waals surface area contributed by atoms with Gasteiger partial charge in [0.25, 0.3) is 0 Å². The van der Waals surface area contributed by atoms with Crippen molar-refractivity contribution in [3.8, 4) is 11.5 Å². The van der Waals surface area contributed by atoms with Gasteiger partial charge in [-0.25, -0.2) is 9.37 Å². The summed E-state index contributed by atoms with van der Waals surface area (Å²) >= 11 is 0. The second-order valence-corrected chi connectivity index (χ2v) is 7.13. The van der Waals surface area contributed by atoms with Crippen molar-refractivity contribution in [2.24, 2.45) is 0 Å². The number of nitrogens with one attached hydrogen (secondary N) is 1. The number of carbonyl (C=O) groups is 1. The molecular weight excluding hydrogens is 355 g/mol. The van der Waals surface area contributed by atoms with Crippen molar-refractivity contribution in [3.05, 3.63) is 71.9 Å². The van der Waals surface area contributed by atoms with Gasteiger partial charge >= 0.3 is 0 Å². The normalized spacial score (nSPS) is 11.9. The van der Waals surface area contributed by atoms with Crippen molar-refractivity contribution >= 4 is 22.4 Å². The second kappa shape index (κ2) is 8.05. The molecular formula is C19H17FN2O3S. The summed E-state index contributed by atoms with van der Waals surface area (Å²) in [6, 6.07) is 14.9. The Bertz CT molecular complexity index is 941. The number of anilines is 1. The number of benzene rings is 2. The summed E-state index contributed by atoms with van der Waals surface area (Å²) in [5.41, 5.74) is 1.72. The molecule has 26 heavy (non-hydrogen) atoms. The van der Waals surface area contributed by atoms with Crippen LogP contribution in [0.25, 0.3) is 11.5 Å². The monoisotopic (exact) mass is 372 g/mol. The van der Waals surface area contributed by atoms with Gasteiger partial charge < -0.3 is 9.73 Å². The van der Waals surface area contributed by atoms with Crippen LogP contribution in [0.1, 0.15) is 11.5 Å². The maximum Gasteiger partial charge on any atom is 0.237 e. The highest BCUT2D eigenvalue weighted by Gasteiger charge is 2.16. The van der Waals surface area contributed by atoms with E-state index in [0.717, 1.165) is 5.56 Å². The van der Waals surface area contributed by atoms with E-state index in [2.05, 4.69) is 10.3 Å². The van der Waals surface area contributed by atoms with E-state index in [-0.39, 0.29) is 11.5 Å². The van der Waals surface area contributed by atoms with Gasteiger partial charge in [0.2, 0.25) is 11.8 Å². The number of hydrogen-bond donors (Lipinski definition) is 1. The molecule has 7 heteroatoms. The Hall–Kier alpha value is -2.80. The van der Waals surface area contributed by atoms with Crippen molar-refractivity contribution in [3.63, 3.8) is 0 Å². The number of aryl methyl sites for hydroxylation is 1. The topological polar surface area (TPSA) is 72.2 Å². The highest BCUT2D eigenvalue weighted by molar-refractivity contribution is 7.84. The molecule has 1 amide bonds. The minimum absolute atomic E-state index is 0.110. The van der Waals surface area contributed by atoms with Crippen LogP contribution in [0.4, 0.5) is 10.1 Å². The molecule has 0 spiro atoms. The predicted octanol–water partition coefficient (Wildman–Crippen LogP) is 3.68. The van der Waals surface area contributed by atoms with Crippen LogP contribution in [0.3, 0.4) is 0 Å². The summed E-state index contributed by atoms with van der Waals surface area (Å²) in [5, 5.41) is 2.53. The highest BCUT2D eigenvalue weighted by Crippen LogP contribution is 2.22. The van der Waals surface area contributed by atoms with Crippen LogP contribution < -0.4 is 5.32 Å². The number of aromatic nitrogens is 1. The number of hydrogen-bond acceptors (Lipinski definition) is 4. The summed E-state index contributed by atoms with van der Waals surface area (Å²) in [6.45, 7) is 1.75. The minimum Gasteiger partial charge on any atom is -0.441 e. The zero-order valence-corrected chi connectivity index (χ0v) is 14.9. The lowest BCUT2D eigenvalue weighted by atomic mass is 10.2. The lowest BCUT2D eigenvalue weighted by Gasteiger charge is -2.05. The largest absolute Gasteiger partial charge is 0.441 e. The lowest BCUT2D eigenvalue weighted by Crippen LogP contribution is -2.20. The van der Waals surface area contributed by atoms with Gasteiger partial charge in [0.15, 0.2) is 0 Å². The number of amides is 1. The molecule has 2 aromatic carbocycles. The van der Waals surface area contributed by atoms with Crippen molar-refractivity contribution in [1.82, 2.24) is 4.98 Å². The van der Waals surface area contributed by atoms with Crippen LogP contribution in [0.5, 0.6) is 0 Å². The molecule has 0 radical (unpaired) electrons. The molecule has 1 atom stereocenters. The van der Waals surface area contributed by atoms with Gasteiger partial charge in [-0.05, 0) is 37.3 Å². The predicted molar refractivity (Wildman–Crippen MR) is 98.4 cm³/mol. The quantitative estimate of drug-likeness (QED) is 0.716. The van der Waals surface area contributed by atoms with E-state index in [9.17, 15) is 13.4 Å². The van der Waals surface area contributed by atoms with Crippen molar-refractivity contribution in [2.45, 2.75) is 12.7 Å². The number of halogens is 1. The summed E-state index contributed by atoms with van der Waals surface area (Å²) in [5.74, 6) is 0.0402. The van der Waals surface area contributed by atoms with Crippen molar-refractivity contribution in [1.29, 1.82) is 0 Å². The van der Waals surface area contributed by atoms with Crippen molar-refractivity contribution < 1.29 is 17.8 Å². The Kier molecular flexibility index (Phi) is 5.58. The molecule has 0 saturated carbocycles. The van der Waals surface area contributed by atoms with E-state index >= 15 is 0 Å². The van der Waals surface area contributed by atoms with E-state index in [1.165, 1.54) is 18.2 Å². The Morgan fingerprint density at radius 2 is 1.96 bits per heavy atom. The van der Waals surface area contributed by atoms with Gasteiger partial charge in [-0.2, -0.15) is 0 Å². The van der Waals surface area contributed by atoms with Gasteiger partial charge in [0.05, 0.1) is 11.4 Å². The number of nitrogens with zero attached hydrogens (tertiary/aromatic N) is 1. The molecule has 1 aromatic heterocycles. The molecule has 0 saturated heterocycles. The summed E-state index contributed by atoms with van der Waals surface area (Å²) < 4.78 is 31.0. The van der Waals surface area contributed by atoms with E-state index in [1.54, 1.807) is 13.0 Å². The van der Waals surface area contributed by atoms with Crippen LogP contribution in [0, 0.1) is 12.7 Å². The molecule has 0 aliphatic rings. The lowest BCUT2D eigenvalue weighted by molar-refractivity contribution is -0.113. The Morgan fingerprint density at radius 3 is 2.69 bits per heavy atom. The first-order valence-electron chi connectivity index (χ1n) is 7.93. The fourth-order valence-electron chi connectivity index (χ4n) is 2.38. The molecule has 0 fully saturated rings. The summed E-state index contributed by atoms with van der Waals surface area (Å²) in [7, 11) is -1.46. The standard InChI is InChI=1S/C19H17FN2O3S/c1-13-17(22-19(25-13)14-6-3-2-4-7-14)11-26(24)12-18(23)21-16-9-5-8-15(20)10-16/h2-10H,11-12H2,1H3,(H,21,23). The number of rotatable bonds is 6. The third kappa shape index (κ3) is 4.64. The highest BCUT2D eigenvalue weighted by atomic mass is 32.2. The summed E-state index contributed by atoms with van der Waals surface area (Å²) in [6.07, 6.45) is 0. The fourth-order valence-corrected chi connectivity index (χ4v) is 3.42. The Labute approximate surface area is 152 Å². The van der Waals surface area contributed by atoms with Crippen LogP contribution in [0.15, 0.2) is 59.0 Å². The smallest absolute Gasteiger partial charge is 0.237 e. The zero-order chi connectivity index (χ0) is 18.5. The van der Waals surface area contributed by atoms with Gasteiger partial charge in [0.1, 0.15) is 17.3 Å². The first kappa shape index (κ1) is 18.0. The maximum absolute atomic E-state index is 13.1.